The number of aromatic nitrogens is 2. The summed E-state index contributed by atoms with van der Waals surface area (Å²) in [6.45, 7) is 4.29. The highest BCUT2D eigenvalue weighted by molar-refractivity contribution is 5.81. The van der Waals surface area contributed by atoms with E-state index in [1.54, 1.807) is 0 Å². The molecular formula is C19H26N4O2. The summed E-state index contributed by atoms with van der Waals surface area (Å²) >= 11 is 0. The molecule has 134 valence electrons. The van der Waals surface area contributed by atoms with Crippen LogP contribution in [0.5, 0.6) is 0 Å². The van der Waals surface area contributed by atoms with Crippen molar-refractivity contribution in [2.45, 2.75) is 58.5 Å². The van der Waals surface area contributed by atoms with Crippen LogP contribution in [0.2, 0.25) is 0 Å². The predicted octanol–water partition coefficient (Wildman–Crippen LogP) is 2.34. The van der Waals surface area contributed by atoms with Gasteiger partial charge in [-0.05, 0) is 44.4 Å². The third-order valence-corrected chi connectivity index (χ3v) is 4.74. The summed E-state index contributed by atoms with van der Waals surface area (Å²) in [5.41, 5.74) is 2.85. The Kier molecular flexibility index (Phi) is 5.36. The van der Waals surface area contributed by atoms with Crippen molar-refractivity contribution in [1.82, 2.24) is 20.0 Å². The van der Waals surface area contributed by atoms with Crippen molar-refractivity contribution in [3.63, 3.8) is 0 Å². The number of hydrogen-bond donors (Lipinski definition) is 2. The highest BCUT2D eigenvalue weighted by Crippen LogP contribution is 2.24. The molecule has 1 saturated carbocycles. The zero-order valence-electron chi connectivity index (χ0n) is 14.9. The minimum Gasteiger partial charge on any atom is -0.353 e. The zero-order valence-corrected chi connectivity index (χ0v) is 14.9. The lowest BCUT2D eigenvalue weighted by atomic mass is 10.1. The number of imidazole rings is 1. The van der Waals surface area contributed by atoms with E-state index in [9.17, 15) is 9.59 Å². The molecule has 0 unspecified atom stereocenters. The van der Waals surface area contributed by atoms with Gasteiger partial charge in [0.2, 0.25) is 11.8 Å². The van der Waals surface area contributed by atoms with Gasteiger partial charge in [0.15, 0.2) is 0 Å². The molecule has 1 atom stereocenters. The van der Waals surface area contributed by atoms with E-state index in [2.05, 4.69) is 15.6 Å². The summed E-state index contributed by atoms with van der Waals surface area (Å²) in [5, 5.41) is 5.84. The Morgan fingerprint density at radius 2 is 2.12 bits per heavy atom. The fraction of sp³-hybridized carbons (Fsp3) is 0.526. The summed E-state index contributed by atoms with van der Waals surface area (Å²) < 4.78 is 1.94. The van der Waals surface area contributed by atoms with Crippen LogP contribution in [0.4, 0.5) is 0 Å². The van der Waals surface area contributed by atoms with Gasteiger partial charge in [-0.1, -0.05) is 12.8 Å². The summed E-state index contributed by atoms with van der Waals surface area (Å²) in [6.07, 6.45) is 8.36. The molecule has 6 nitrogen and oxygen atoms in total. The fourth-order valence-electron chi connectivity index (χ4n) is 3.36. The van der Waals surface area contributed by atoms with Crippen LogP contribution < -0.4 is 10.6 Å². The van der Waals surface area contributed by atoms with Gasteiger partial charge in [-0.15, -0.1) is 0 Å². The van der Waals surface area contributed by atoms with Crippen molar-refractivity contribution >= 4 is 17.5 Å². The van der Waals surface area contributed by atoms with E-state index in [4.69, 9.17) is 0 Å². The van der Waals surface area contributed by atoms with Crippen LogP contribution in [0.25, 0.3) is 5.65 Å². The lowest BCUT2D eigenvalue weighted by Crippen LogP contribution is -2.39. The molecule has 0 radical (unpaired) electrons. The molecule has 1 aliphatic carbocycles. The Labute approximate surface area is 148 Å². The smallest absolute Gasteiger partial charge is 0.223 e. The average Bonchev–Trinajstić information content (AvgIpc) is 3.21. The number of aryl methyl sites for hydroxylation is 1. The number of carbonyl (C=O) groups is 2. The van der Waals surface area contributed by atoms with Gasteiger partial charge in [0.05, 0.1) is 12.2 Å². The number of pyridine rings is 1. The minimum atomic E-state index is -0.156. The number of nitrogens with one attached hydrogen (secondary N) is 2. The normalized spacial score (nSPS) is 16.1. The zero-order chi connectivity index (χ0) is 17.8. The second kappa shape index (κ2) is 7.68. The molecule has 0 aliphatic heterocycles. The molecule has 0 saturated heterocycles. The van der Waals surface area contributed by atoms with E-state index < -0.39 is 0 Å². The Morgan fingerprint density at radius 3 is 2.88 bits per heavy atom. The summed E-state index contributed by atoms with van der Waals surface area (Å²) in [4.78, 5) is 28.7. The van der Waals surface area contributed by atoms with E-state index in [1.165, 1.54) is 0 Å². The standard InChI is InChI=1S/C19H26N4O2/c1-13-7-8-23-12-16(22-17(23)9-13)11-20-18(24)10-14(2)21-19(25)15-5-3-4-6-15/h7-9,12,14-15H,3-6,10-11H2,1-2H3,(H,20,24)(H,21,25)/t14-/m0/s1. The summed E-state index contributed by atoms with van der Waals surface area (Å²) in [7, 11) is 0. The molecule has 25 heavy (non-hydrogen) atoms. The van der Waals surface area contributed by atoms with Gasteiger partial charge >= 0.3 is 0 Å². The minimum absolute atomic E-state index is 0.0764. The van der Waals surface area contributed by atoms with Crippen molar-refractivity contribution in [3.8, 4) is 0 Å². The summed E-state index contributed by atoms with van der Waals surface area (Å²) in [6, 6.07) is 3.87. The number of amides is 2. The van der Waals surface area contributed by atoms with Gasteiger partial charge in [-0.25, -0.2) is 4.98 Å². The Hall–Kier alpha value is -2.37. The van der Waals surface area contributed by atoms with Crippen molar-refractivity contribution in [2.75, 3.05) is 0 Å². The van der Waals surface area contributed by atoms with Crippen LogP contribution in [0, 0.1) is 12.8 Å². The largest absolute Gasteiger partial charge is 0.353 e. The van der Waals surface area contributed by atoms with E-state index in [1.807, 2.05) is 42.8 Å². The van der Waals surface area contributed by atoms with Crippen LogP contribution in [-0.4, -0.2) is 27.2 Å². The molecule has 0 spiro atoms. The predicted molar refractivity (Wildman–Crippen MR) is 96.0 cm³/mol. The molecule has 1 fully saturated rings. The van der Waals surface area contributed by atoms with Gasteiger partial charge in [-0.3, -0.25) is 9.59 Å². The van der Waals surface area contributed by atoms with Crippen molar-refractivity contribution < 1.29 is 9.59 Å². The first-order valence-corrected chi connectivity index (χ1v) is 9.02. The van der Waals surface area contributed by atoms with Crippen LogP contribution in [-0.2, 0) is 16.1 Å². The first kappa shape index (κ1) is 17.5. The van der Waals surface area contributed by atoms with Gasteiger partial charge in [0.1, 0.15) is 5.65 Å². The maximum atomic E-state index is 12.1. The van der Waals surface area contributed by atoms with Crippen LogP contribution in [0.3, 0.4) is 0 Å². The van der Waals surface area contributed by atoms with E-state index in [0.29, 0.717) is 6.54 Å². The molecule has 3 rings (SSSR count). The maximum absolute atomic E-state index is 12.1. The molecule has 1 aliphatic rings. The maximum Gasteiger partial charge on any atom is 0.223 e. The Morgan fingerprint density at radius 1 is 1.36 bits per heavy atom. The average molecular weight is 342 g/mol. The monoisotopic (exact) mass is 342 g/mol. The highest BCUT2D eigenvalue weighted by atomic mass is 16.2. The molecule has 6 heteroatoms. The molecule has 2 aromatic rings. The Balaban J connectivity index is 1.45. The lowest BCUT2D eigenvalue weighted by Gasteiger charge is -2.16. The first-order valence-electron chi connectivity index (χ1n) is 9.02. The van der Waals surface area contributed by atoms with Gasteiger partial charge in [0.25, 0.3) is 0 Å². The van der Waals surface area contributed by atoms with Gasteiger partial charge < -0.3 is 15.0 Å². The topological polar surface area (TPSA) is 75.5 Å². The molecule has 0 aromatic carbocycles. The second-order valence-electron chi connectivity index (χ2n) is 7.07. The van der Waals surface area contributed by atoms with Gasteiger partial charge in [0, 0.05) is 30.8 Å². The molecule has 2 N–H and O–H groups in total. The van der Waals surface area contributed by atoms with Crippen LogP contribution in [0.1, 0.15) is 50.3 Å². The Bertz CT molecular complexity index is 762. The van der Waals surface area contributed by atoms with Crippen molar-refractivity contribution in [1.29, 1.82) is 0 Å². The van der Waals surface area contributed by atoms with Crippen molar-refractivity contribution in [3.05, 3.63) is 35.8 Å². The third kappa shape index (κ3) is 4.59. The van der Waals surface area contributed by atoms with Gasteiger partial charge in [-0.2, -0.15) is 0 Å². The number of carbonyl (C=O) groups excluding carboxylic acids is 2. The quantitative estimate of drug-likeness (QED) is 0.846. The highest BCUT2D eigenvalue weighted by Gasteiger charge is 2.24. The number of nitrogens with zero attached hydrogens (tertiary/aromatic N) is 2. The molecule has 2 aromatic heterocycles. The number of hydrogen-bond acceptors (Lipinski definition) is 3. The second-order valence-corrected chi connectivity index (χ2v) is 7.07. The third-order valence-electron chi connectivity index (χ3n) is 4.74. The fourth-order valence-corrected chi connectivity index (χ4v) is 3.36. The van der Waals surface area contributed by atoms with Crippen LogP contribution >= 0.6 is 0 Å². The summed E-state index contributed by atoms with van der Waals surface area (Å²) in [5.74, 6) is 0.146. The van der Waals surface area contributed by atoms with E-state index in [-0.39, 0.29) is 30.2 Å². The lowest BCUT2D eigenvalue weighted by molar-refractivity contribution is -0.126. The molecule has 2 amide bonds. The molecular weight excluding hydrogens is 316 g/mol. The number of fused-ring (bicyclic) bond motifs is 1. The number of rotatable bonds is 6. The first-order chi connectivity index (χ1) is 12.0. The van der Waals surface area contributed by atoms with Crippen molar-refractivity contribution in [2.24, 2.45) is 5.92 Å². The SMILES string of the molecule is Cc1ccn2cc(CNC(=O)C[C@H](C)NC(=O)C3CCCC3)nc2c1. The molecule has 2 heterocycles. The molecule has 0 bridgehead atoms. The van der Waals surface area contributed by atoms with E-state index in [0.717, 1.165) is 42.6 Å². The van der Waals surface area contributed by atoms with E-state index >= 15 is 0 Å². The van der Waals surface area contributed by atoms with Crippen LogP contribution in [0.15, 0.2) is 24.5 Å².